The van der Waals surface area contributed by atoms with Gasteiger partial charge in [-0.05, 0) is 25.3 Å². The van der Waals surface area contributed by atoms with Crippen LogP contribution in [0.2, 0.25) is 0 Å². The second-order valence-corrected chi connectivity index (χ2v) is 5.16. The highest BCUT2D eigenvalue weighted by molar-refractivity contribution is 5.84. The third-order valence-electron chi connectivity index (χ3n) is 3.66. The van der Waals surface area contributed by atoms with Gasteiger partial charge in [-0.1, -0.05) is 31.0 Å². The van der Waals surface area contributed by atoms with Gasteiger partial charge < -0.3 is 15.2 Å². The summed E-state index contributed by atoms with van der Waals surface area (Å²) in [6, 6.07) is 7.77. The van der Waals surface area contributed by atoms with Gasteiger partial charge >= 0.3 is 0 Å². The number of para-hydroxylation sites is 1. The molecule has 1 aromatic rings. The minimum atomic E-state index is -0.0857. The largest absolute Gasteiger partial charge is 0.493 e. The Bertz CT molecular complexity index is 433. The summed E-state index contributed by atoms with van der Waals surface area (Å²) in [6.07, 6.45) is 4.63. The number of hydrogen-bond acceptors (Lipinski definition) is 3. The van der Waals surface area contributed by atoms with Gasteiger partial charge in [0.1, 0.15) is 5.75 Å². The first kappa shape index (κ1) is 14.9. The van der Waals surface area contributed by atoms with Crippen molar-refractivity contribution < 1.29 is 14.6 Å². The van der Waals surface area contributed by atoms with E-state index in [-0.39, 0.29) is 18.4 Å². The van der Waals surface area contributed by atoms with E-state index < -0.39 is 0 Å². The average molecular weight is 277 g/mol. The first-order chi connectivity index (χ1) is 9.83. The standard InChI is InChI=1S/C16H23NO3/c18-11-6-2-1-5-10-17-16(19)14-9-12-20-15-8-4-3-7-13(14)15/h3-4,7-8,14,18H,1-2,5-6,9-12H2,(H,17,19). The van der Waals surface area contributed by atoms with E-state index in [1.807, 2.05) is 24.3 Å². The molecule has 2 rings (SSSR count). The predicted molar refractivity (Wildman–Crippen MR) is 77.9 cm³/mol. The summed E-state index contributed by atoms with van der Waals surface area (Å²) in [7, 11) is 0. The zero-order valence-electron chi connectivity index (χ0n) is 11.8. The molecule has 2 N–H and O–H groups in total. The fourth-order valence-corrected chi connectivity index (χ4v) is 2.54. The second kappa shape index (κ2) is 7.90. The molecule has 0 spiro atoms. The van der Waals surface area contributed by atoms with Crippen LogP contribution in [0.1, 0.15) is 43.6 Å². The molecule has 1 aromatic carbocycles. The lowest BCUT2D eigenvalue weighted by Crippen LogP contribution is -2.33. The highest BCUT2D eigenvalue weighted by Gasteiger charge is 2.26. The number of fused-ring (bicyclic) bond motifs is 1. The molecule has 0 radical (unpaired) electrons. The molecular weight excluding hydrogens is 254 g/mol. The highest BCUT2D eigenvalue weighted by Crippen LogP contribution is 2.33. The van der Waals surface area contributed by atoms with Crippen molar-refractivity contribution in [2.75, 3.05) is 19.8 Å². The molecule has 0 bridgehead atoms. The summed E-state index contributed by atoms with van der Waals surface area (Å²) in [5.74, 6) is 0.849. The van der Waals surface area contributed by atoms with Crippen LogP contribution in [0.5, 0.6) is 5.75 Å². The van der Waals surface area contributed by atoms with Crippen molar-refractivity contribution in [2.45, 2.75) is 38.0 Å². The number of hydrogen-bond donors (Lipinski definition) is 2. The molecule has 4 heteroatoms. The second-order valence-electron chi connectivity index (χ2n) is 5.16. The molecule has 1 aliphatic rings. The molecule has 0 aliphatic carbocycles. The van der Waals surface area contributed by atoms with E-state index in [1.54, 1.807) is 0 Å². The Morgan fingerprint density at radius 2 is 2.05 bits per heavy atom. The van der Waals surface area contributed by atoms with Crippen molar-refractivity contribution in [3.8, 4) is 5.75 Å². The summed E-state index contributed by atoms with van der Waals surface area (Å²) in [6.45, 7) is 1.57. The molecular formula is C16H23NO3. The fourth-order valence-electron chi connectivity index (χ4n) is 2.54. The molecule has 20 heavy (non-hydrogen) atoms. The van der Waals surface area contributed by atoms with Crippen LogP contribution >= 0.6 is 0 Å². The fraction of sp³-hybridized carbons (Fsp3) is 0.562. The smallest absolute Gasteiger partial charge is 0.227 e. The zero-order chi connectivity index (χ0) is 14.2. The minimum absolute atomic E-state index is 0.0857. The Morgan fingerprint density at radius 3 is 2.90 bits per heavy atom. The zero-order valence-corrected chi connectivity index (χ0v) is 11.8. The molecule has 0 aromatic heterocycles. The number of ether oxygens (including phenoxy) is 1. The Morgan fingerprint density at radius 1 is 1.25 bits per heavy atom. The number of amides is 1. The summed E-state index contributed by atoms with van der Waals surface area (Å²) in [5.41, 5.74) is 0.997. The number of benzene rings is 1. The number of carbonyl (C=O) groups excluding carboxylic acids is 1. The Hall–Kier alpha value is -1.55. The van der Waals surface area contributed by atoms with E-state index in [9.17, 15) is 4.79 Å². The lowest BCUT2D eigenvalue weighted by atomic mass is 9.92. The van der Waals surface area contributed by atoms with Crippen molar-refractivity contribution >= 4 is 5.91 Å². The lowest BCUT2D eigenvalue weighted by Gasteiger charge is -2.25. The van der Waals surface area contributed by atoms with Gasteiger partial charge in [0.25, 0.3) is 0 Å². The molecule has 1 heterocycles. The van der Waals surface area contributed by atoms with Gasteiger partial charge in [-0.15, -0.1) is 0 Å². The lowest BCUT2D eigenvalue weighted by molar-refractivity contribution is -0.123. The Balaban J connectivity index is 1.79. The van der Waals surface area contributed by atoms with Gasteiger partial charge in [-0.3, -0.25) is 4.79 Å². The van der Waals surface area contributed by atoms with Gasteiger partial charge in [-0.25, -0.2) is 0 Å². The minimum Gasteiger partial charge on any atom is -0.493 e. The summed E-state index contributed by atoms with van der Waals surface area (Å²) in [5, 5.41) is 11.7. The monoisotopic (exact) mass is 277 g/mol. The SMILES string of the molecule is O=C(NCCCCCCO)C1CCOc2ccccc21. The molecule has 110 valence electrons. The van der Waals surface area contributed by atoms with Gasteiger partial charge in [-0.2, -0.15) is 0 Å². The quantitative estimate of drug-likeness (QED) is 0.751. The van der Waals surface area contributed by atoms with Crippen molar-refractivity contribution in [1.82, 2.24) is 5.32 Å². The topological polar surface area (TPSA) is 58.6 Å². The molecule has 1 amide bonds. The first-order valence-corrected chi connectivity index (χ1v) is 7.43. The Labute approximate surface area is 120 Å². The third kappa shape index (κ3) is 3.97. The van der Waals surface area contributed by atoms with E-state index in [0.717, 1.165) is 43.4 Å². The van der Waals surface area contributed by atoms with Crippen LogP contribution in [0.15, 0.2) is 24.3 Å². The van der Waals surface area contributed by atoms with Crippen LogP contribution < -0.4 is 10.1 Å². The van der Waals surface area contributed by atoms with Crippen LogP contribution in [-0.4, -0.2) is 30.8 Å². The number of carbonyl (C=O) groups is 1. The molecule has 0 saturated carbocycles. The average Bonchev–Trinajstić information content (AvgIpc) is 2.50. The van der Waals surface area contributed by atoms with Gasteiger partial charge in [0.05, 0.1) is 12.5 Å². The Kier molecular flexibility index (Phi) is 5.87. The van der Waals surface area contributed by atoms with Crippen molar-refractivity contribution in [3.05, 3.63) is 29.8 Å². The van der Waals surface area contributed by atoms with Crippen molar-refractivity contribution in [3.63, 3.8) is 0 Å². The highest BCUT2D eigenvalue weighted by atomic mass is 16.5. The van der Waals surface area contributed by atoms with E-state index in [1.165, 1.54) is 0 Å². The molecule has 4 nitrogen and oxygen atoms in total. The van der Waals surface area contributed by atoms with E-state index in [4.69, 9.17) is 9.84 Å². The molecule has 0 fully saturated rings. The predicted octanol–water partition coefficient (Wildman–Crippen LogP) is 2.22. The number of aliphatic hydroxyl groups excluding tert-OH is 1. The molecule has 1 unspecified atom stereocenters. The van der Waals surface area contributed by atoms with E-state index in [2.05, 4.69) is 5.32 Å². The number of unbranched alkanes of at least 4 members (excludes halogenated alkanes) is 3. The maximum Gasteiger partial charge on any atom is 0.227 e. The first-order valence-electron chi connectivity index (χ1n) is 7.43. The molecule has 0 saturated heterocycles. The summed E-state index contributed by atoms with van der Waals surface area (Å²) in [4.78, 5) is 12.2. The molecule has 1 atom stereocenters. The number of rotatable bonds is 7. The van der Waals surface area contributed by atoms with E-state index in [0.29, 0.717) is 13.2 Å². The van der Waals surface area contributed by atoms with Gasteiger partial charge in [0, 0.05) is 18.7 Å². The number of aliphatic hydroxyl groups is 1. The van der Waals surface area contributed by atoms with Crippen molar-refractivity contribution in [1.29, 1.82) is 0 Å². The van der Waals surface area contributed by atoms with Crippen LogP contribution in [0.4, 0.5) is 0 Å². The van der Waals surface area contributed by atoms with Crippen LogP contribution in [0.25, 0.3) is 0 Å². The number of nitrogens with one attached hydrogen (secondary N) is 1. The normalized spacial score (nSPS) is 17.1. The maximum atomic E-state index is 12.2. The summed E-state index contributed by atoms with van der Waals surface area (Å²) < 4.78 is 5.57. The van der Waals surface area contributed by atoms with Crippen molar-refractivity contribution in [2.24, 2.45) is 0 Å². The van der Waals surface area contributed by atoms with Gasteiger partial charge in [0.2, 0.25) is 5.91 Å². The van der Waals surface area contributed by atoms with Crippen LogP contribution in [0.3, 0.4) is 0 Å². The summed E-state index contributed by atoms with van der Waals surface area (Å²) >= 11 is 0. The third-order valence-corrected chi connectivity index (χ3v) is 3.66. The maximum absolute atomic E-state index is 12.2. The van der Waals surface area contributed by atoms with E-state index >= 15 is 0 Å². The van der Waals surface area contributed by atoms with Gasteiger partial charge in [0.15, 0.2) is 0 Å². The van der Waals surface area contributed by atoms with Crippen LogP contribution in [-0.2, 0) is 4.79 Å². The van der Waals surface area contributed by atoms with Crippen LogP contribution in [0, 0.1) is 0 Å². The molecule has 1 aliphatic heterocycles.